The molecule has 1 saturated heterocycles. The lowest BCUT2D eigenvalue weighted by atomic mass is 9.98. The number of carbonyl (C=O) groups excluding carboxylic acids is 1. The number of rotatable bonds is 3. The topological polar surface area (TPSA) is 73.4 Å². The van der Waals surface area contributed by atoms with Gasteiger partial charge in [-0.25, -0.2) is 4.79 Å². The molecule has 1 aliphatic heterocycles. The Kier molecular flexibility index (Phi) is 3.43. The highest BCUT2D eigenvalue weighted by Gasteiger charge is 2.45. The lowest BCUT2D eigenvalue weighted by Gasteiger charge is -2.31. The van der Waals surface area contributed by atoms with Crippen LogP contribution >= 0.6 is 0 Å². The number of benzene rings is 1. The molecule has 1 fully saturated rings. The number of fused-ring (bicyclic) bond motifs is 1. The van der Waals surface area contributed by atoms with Gasteiger partial charge in [-0.05, 0) is 43.9 Å². The lowest BCUT2D eigenvalue weighted by Crippen LogP contribution is -2.51. The highest BCUT2D eigenvalue weighted by atomic mass is 16.4. The van der Waals surface area contributed by atoms with E-state index in [1.54, 1.807) is 6.92 Å². The molecule has 1 aliphatic rings. The van der Waals surface area contributed by atoms with Gasteiger partial charge >= 0.3 is 5.97 Å². The number of H-pyrrole nitrogens is 1. The van der Waals surface area contributed by atoms with Crippen molar-refractivity contribution in [1.82, 2.24) is 9.88 Å². The minimum absolute atomic E-state index is 0.119. The number of hydrogen-bond donors (Lipinski definition) is 2. The van der Waals surface area contributed by atoms with E-state index in [-0.39, 0.29) is 12.3 Å². The summed E-state index contributed by atoms with van der Waals surface area (Å²) in [5.74, 6) is -1.04. The molecule has 1 unspecified atom stereocenters. The molecule has 1 aromatic heterocycles. The zero-order chi connectivity index (χ0) is 15.9. The van der Waals surface area contributed by atoms with E-state index in [1.807, 2.05) is 31.3 Å². The molecule has 116 valence electrons. The predicted octanol–water partition coefficient (Wildman–Crippen LogP) is 2.48. The normalized spacial score (nSPS) is 21.5. The molecule has 1 atom stereocenters. The Morgan fingerprint density at radius 1 is 1.41 bits per heavy atom. The first-order valence-corrected chi connectivity index (χ1v) is 7.53. The minimum atomic E-state index is -1.07. The van der Waals surface area contributed by atoms with Gasteiger partial charge in [-0.3, -0.25) is 4.79 Å². The molecule has 0 spiro atoms. The van der Waals surface area contributed by atoms with Gasteiger partial charge in [0.1, 0.15) is 5.54 Å². The second-order valence-corrected chi connectivity index (χ2v) is 6.22. The van der Waals surface area contributed by atoms with E-state index < -0.39 is 11.5 Å². The van der Waals surface area contributed by atoms with Gasteiger partial charge < -0.3 is 15.0 Å². The standard InChI is InChI=1S/C17H20N2O3/c1-11-5-3-6-13-15(11)12(10-18-13)9-14(20)19-8-4-7-17(19,2)16(21)22/h3,5-6,10,18H,4,7-9H2,1-2H3,(H,21,22). The summed E-state index contributed by atoms with van der Waals surface area (Å²) in [6.45, 7) is 4.17. The van der Waals surface area contributed by atoms with Gasteiger partial charge in [0, 0.05) is 23.6 Å². The first-order valence-electron chi connectivity index (χ1n) is 7.53. The molecule has 0 aliphatic carbocycles. The number of aryl methyl sites for hydroxylation is 1. The monoisotopic (exact) mass is 300 g/mol. The molecule has 2 N–H and O–H groups in total. The van der Waals surface area contributed by atoms with Crippen LogP contribution in [0.4, 0.5) is 0 Å². The fourth-order valence-corrected chi connectivity index (χ4v) is 3.43. The molecule has 1 aromatic carbocycles. The quantitative estimate of drug-likeness (QED) is 0.914. The predicted molar refractivity (Wildman–Crippen MR) is 83.7 cm³/mol. The van der Waals surface area contributed by atoms with Crippen molar-refractivity contribution < 1.29 is 14.7 Å². The molecule has 3 rings (SSSR count). The SMILES string of the molecule is Cc1cccc2[nH]cc(CC(=O)N3CCCC3(C)C(=O)O)c12. The van der Waals surface area contributed by atoms with Gasteiger partial charge in [0.05, 0.1) is 6.42 Å². The van der Waals surface area contributed by atoms with E-state index in [4.69, 9.17) is 0 Å². The van der Waals surface area contributed by atoms with Crippen LogP contribution in [-0.4, -0.2) is 39.0 Å². The largest absolute Gasteiger partial charge is 0.480 e. The molecular formula is C17H20N2O3. The van der Waals surface area contributed by atoms with E-state index in [9.17, 15) is 14.7 Å². The third kappa shape index (κ3) is 2.17. The number of carboxylic acids is 1. The van der Waals surface area contributed by atoms with E-state index in [0.717, 1.165) is 28.5 Å². The van der Waals surface area contributed by atoms with Crippen LogP contribution in [0.15, 0.2) is 24.4 Å². The average Bonchev–Trinajstić information content (AvgIpc) is 3.05. The van der Waals surface area contributed by atoms with Crippen molar-refractivity contribution in [3.63, 3.8) is 0 Å². The first kappa shape index (κ1) is 14.6. The van der Waals surface area contributed by atoms with Gasteiger partial charge in [0.25, 0.3) is 0 Å². The van der Waals surface area contributed by atoms with Crippen molar-refractivity contribution >= 4 is 22.8 Å². The van der Waals surface area contributed by atoms with Crippen LogP contribution in [0.25, 0.3) is 10.9 Å². The van der Waals surface area contributed by atoms with E-state index in [0.29, 0.717) is 13.0 Å². The third-order valence-corrected chi connectivity index (χ3v) is 4.74. The Bertz CT molecular complexity index is 749. The number of hydrogen-bond acceptors (Lipinski definition) is 2. The van der Waals surface area contributed by atoms with Crippen LogP contribution in [-0.2, 0) is 16.0 Å². The zero-order valence-corrected chi connectivity index (χ0v) is 12.8. The summed E-state index contributed by atoms with van der Waals surface area (Å²) < 4.78 is 0. The number of aromatic amines is 1. The van der Waals surface area contributed by atoms with Crippen LogP contribution in [0.2, 0.25) is 0 Å². The summed E-state index contributed by atoms with van der Waals surface area (Å²) in [5, 5.41) is 10.5. The van der Waals surface area contributed by atoms with Gasteiger partial charge in [-0.1, -0.05) is 12.1 Å². The maximum absolute atomic E-state index is 12.6. The molecule has 5 heteroatoms. The molecular weight excluding hydrogens is 280 g/mol. The fraction of sp³-hybridized carbons (Fsp3) is 0.412. The second kappa shape index (κ2) is 5.16. The van der Waals surface area contributed by atoms with Crippen LogP contribution in [0.1, 0.15) is 30.9 Å². The Morgan fingerprint density at radius 2 is 2.18 bits per heavy atom. The Morgan fingerprint density at radius 3 is 2.91 bits per heavy atom. The minimum Gasteiger partial charge on any atom is -0.480 e. The van der Waals surface area contributed by atoms with E-state index in [2.05, 4.69) is 4.98 Å². The van der Waals surface area contributed by atoms with Crippen molar-refractivity contribution in [2.24, 2.45) is 0 Å². The number of amides is 1. The number of aromatic nitrogens is 1. The van der Waals surface area contributed by atoms with Gasteiger partial charge in [0.2, 0.25) is 5.91 Å². The molecule has 0 bridgehead atoms. The summed E-state index contributed by atoms with van der Waals surface area (Å²) in [6.07, 6.45) is 3.33. The van der Waals surface area contributed by atoms with Crippen molar-refractivity contribution in [3.05, 3.63) is 35.5 Å². The number of aliphatic carboxylic acids is 1. The number of nitrogens with zero attached hydrogens (tertiary/aromatic N) is 1. The smallest absolute Gasteiger partial charge is 0.329 e. The molecule has 22 heavy (non-hydrogen) atoms. The van der Waals surface area contributed by atoms with Gasteiger partial charge in [-0.2, -0.15) is 0 Å². The Labute approximate surface area is 128 Å². The fourth-order valence-electron chi connectivity index (χ4n) is 3.43. The number of carboxylic acid groups (broad SMARTS) is 1. The summed E-state index contributed by atoms with van der Waals surface area (Å²) in [5.41, 5.74) is 1.98. The number of nitrogens with one attached hydrogen (secondary N) is 1. The van der Waals surface area contributed by atoms with Crippen molar-refractivity contribution in [2.45, 2.75) is 38.6 Å². The Hall–Kier alpha value is -2.30. The van der Waals surface area contributed by atoms with Crippen molar-refractivity contribution in [3.8, 4) is 0 Å². The van der Waals surface area contributed by atoms with Crippen LogP contribution in [0.3, 0.4) is 0 Å². The maximum Gasteiger partial charge on any atom is 0.329 e. The third-order valence-electron chi connectivity index (χ3n) is 4.74. The average molecular weight is 300 g/mol. The van der Waals surface area contributed by atoms with Crippen LogP contribution in [0, 0.1) is 6.92 Å². The lowest BCUT2D eigenvalue weighted by molar-refractivity contribution is -0.155. The molecule has 5 nitrogen and oxygen atoms in total. The molecule has 2 aromatic rings. The maximum atomic E-state index is 12.6. The molecule has 1 amide bonds. The summed E-state index contributed by atoms with van der Waals surface area (Å²) in [7, 11) is 0. The van der Waals surface area contributed by atoms with Crippen molar-refractivity contribution in [1.29, 1.82) is 0 Å². The number of likely N-dealkylation sites (tertiary alicyclic amines) is 1. The van der Waals surface area contributed by atoms with E-state index >= 15 is 0 Å². The van der Waals surface area contributed by atoms with Crippen molar-refractivity contribution in [2.75, 3.05) is 6.54 Å². The second-order valence-electron chi connectivity index (χ2n) is 6.22. The summed E-state index contributed by atoms with van der Waals surface area (Å²) in [6, 6.07) is 5.97. The summed E-state index contributed by atoms with van der Waals surface area (Å²) >= 11 is 0. The first-order chi connectivity index (χ1) is 10.4. The Balaban J connectivity index is 1.89. The van der Waals surface area contributed by atoms with Gasteiger partial charge in [-0.15, -0.1) is 0 Å². The number of carbonyl (C=O) groups is 2. The highest BCUT2D eigenvalue weighted by Crippen LogP contribution is 2.31. The van der Waals surface area contributed by atoms with Gasteiger partial charge in [0.15, 0.2) is 0 Å². The van der Waals surface area contributed by atoms with Crippen LogP contribution < -0.4 is 0 Å². The molecule has 0 radical (unpaired) electrons. The highest BCUT2D eigenvalue weighted by molar-refractivity contribution is 5.93. The molecule has 0 saturated carbocycles. The van der Waals surface area contributed by atoms with Crippen LogP contribution in [0.5, 0.6) is 0 Å². The zero-order valence-electron chi connectivity index (χ0n) is 12.8. The molecule has 2 heterocycles. The van der Waals surface area contributed by atoms with E-state index in [1.165, 1.54) is 4.90 Å². The summed E-state index contributed by atoms with van der Waals surface area (Å²) in [4.78, 5) is 28.8.